The highest BCUT2D eigenvalue weighted by Crippen LogP contribution is 2.43. The van der Waals surface area contributed by atoms with Gasteiger partial charge in [0.1, 0.15) is 0 Å². The van der Waals surface area contributed by atoms with Gasteiger partial charge in [-0.3, -0.25) is 0 Å². The number of benzene rings is 8. The molecule has 0 saturated heterocycles. The van der Waals surface area contributed by atoms with Gasteiger partial charge in [-0.2, -0.15) is 0 Å². The summed E-state index contributed by atoms with van der Waals surface area (Å²) in [6.07, 6.45) is 0. The van der Waals surface area contributed by atoms with Crippen LogP contribution in [0, 0.1) is 83.1 Å². The van der Waals surface area contributed by atoms with Crippen LogP contribution in [0.1, 0.15) is 66.8 Å². The van der Waals surface area contributed by atoms with Crippen molar-refractivity contribution < 1.29 is 0 Å². The van der Waals surface area contributed by atoms with Crippen LogP contribution in [0.3, 0.4) is 0 Å². The number of anilines is 3. The van der Waals surface area contributed by atoms with E-state index in [4.69, 9.17) is 0 Å². The second-order valence-corrected chi connectivity index (χ2v) is 18.9. The Hall–Kier alpha value is -6.03. The molecular formula is C60H62BNS. The molecule has 8 aromatic rings. The van der Waals surface area contributed by atoms with Gasteiger partial charge in [-0.25, -0.2) is 0 Å². The molecule has 63 heavy (non-hydrogen) atoms. The second kappa shape index (κ2) is 19.6. The molecule has 8 rings (SSSR count). The lowest BCUT2D eigenvalue weighted by molar-refractivity contribution is 1.16. The maximum atomic E-state index is 2.48. The van der Waals surface area contributed by atoms with E-state index in [2.05, 4.69) is 234 Å². The molecule has 0 aliphatic rings. The third-order valence-corrected chi connectivity index (χ3v) is 13.2. The SMILES string of the molecule is Cc1cc(C)c(B(c2ccc(-c3ccc(N(c4c(C)cc(C)cc4C)c4c(C)cc(C)cc4C)cc3)cc2)c2c(C)cc(C)cc2C)c(C)c1.c1ccc(Sc2ccccc2)cc1. The molecule has 0 heterocycles. The van der Waals surface area contributed by atoms with Crippen molar-refractivity contribution in [3.63, 3.8) is 0 Å². The first-order valence-corrected chi connectivity index (χ1v) is 23.1. The van der Waals surface area contributed by atoms with Crippen LogP contribution in [-0.4, -0.2) is 6.71 Å². The molecule has 0 spiro atoms. The number of aryl methyl sites for hydroxylation is 12. The van der Waals surface area contributed by atoms with E-state index >= 15 is 0 Å². The molecule has 0 bridgehead atoms. The fourth-order valence-electron chi connectivity index (χ4n) is 9.98. The van der Waals surface area contributed by atoms with Crippen molar-refractivity contribution in [3.05, 3.63) is 224 Å². The molecule has 0 aromatic heterocycles. The normalized spacial score (nSPS) is 10.9. The summed E-state index contributed by atoms with van der Waals surface area (Å²) in [4.78, 5) is 5.05. The molecule has 316 valence electrons. The topological polar surface area (TPSA) is 3.24 Å². The molecular weight excluding hydrogens is 778 g/mol. The Bertz CT molecular complexity index is 2450. The highest BCUT2D eigenvalue weighted by Gasteiger charge is 2.28. The van der Waals surface area contributed by atoms with E-state index in [1.54, 1.807) is 11.8 Å². The Kier molecular flexibility index (Phi) is 14.0. The van der Waals surface area contributed by atoms with Gasteiger partial charge in [-0.05, 0) is 153 Å². The van der Waals surface area contributed by atoms with E-state index in [9.17, 15) is 0 Å². The van der Waals surface area contributed by atoms with Gasteiger partial charge in [0.05, 0.1) is 11.4 Å². The molecule has 0 amide bonds. The van der Waals surface area contributed by atoms with E-state index in [1.165, 1.54) is 121 Å². The molecule has 8 aromatic carbocycles. The quantitative estimate of drug-likeness (QED) is 0.133. The standard InChI is InChI=1S/C48H52BN.C12H10S/c1-29-21-33(5)45(34(6)22-29)49(46-35(7)23-30(2)24-36(46)8)43-17-13-41(14-18-43)42-15-19-44(20-16-42)50(47-37(9)25-31(3)26-38(47)10)48-39(11)27-32(4)28-40(48)12;1-3-7-11(8-4-1)13-12-9-5-2-6-10-12/h13-28H,1-12H3;1-10H. The summed E-state index contributed by atoms with van der Waals surface area (Å²) in [6.45, 7) is 27.0. The molecule has 0 atom stereocenters. The van der Waals surface area contributed by atoms with Gasteiger partial charge in [-0.1, -0.05) is 194 Å². The monoisotopic (exact) mass is 839 g/mol. The number of hydrogen-bond acceptors (Lipinski definition) is 2. The van der Waals surface area contributed by atoms with Crippen LogP contribution in [0.2, 0.25) is 0 Å². The predicted molar refractivity (Wildman–Crippen MR) is 278 cm³/mol. The number of hydrogen-bond donors (Lipinski definition) is 0. The molecule has 0 unspecified atom stereocenters. The largest absolute Gasteiger partial charge is 0.309 e. The van der Waals surface area contributed by atoms with Crippen LogP contribution in [0.15, 0.2) is 168 Å². The first-order chi connectivity index (χ1) is 30.2. The van der Waals surface area contributed by atoms with Crippen LogP contribution < -0.4 is 21.3 Å². The molecule has 0 N–H and O–H groups in total. The van der Waals surface area contributed by atoms with Crippen molar-refractivity contribution in [3.8, 4) is 11.1 Å². The minimum absolute atomic E-state index is 0.170. The Morgan fingerprint density at radius 2 is 0.635 bits per heavy atom. The van der Waals surface area contributed by atoms with Gasteiger partial charge in [0.25, 0.3) is 0 Å². The minimum Gasteiger partial charge on any atom is -0.309 e. The Morgan fingerprint density at radius 1 is 0.333 bits per heavy atom. The highest BCUT2D eigenvalue weighted by atomic mass is 32.2. The molecule has 0 radical (unpaired) electrons. The Labute approximate surface area is 383 Å². The summed E-state index contributed by atoms with van der Waals surface area (Å²) >= 11 is 1.79. The smallest absolute Gasteiger partial charge is 0.242 e. The first-order valence-electron chi connectivity index (χ1n) is 22.3. The van der Waals surface area contributed by atoms with Gasteiger partial charge in [0.2, 0.25) is 6.71 Å². The first kappa shape index (κ1) is 45.0. The van der Waals surface area contributed by atoms with Crippen molar-refractivity contribution in [1.82, 2.24) is 0 Å². The van der Waals surface area contributed by atoms with Crippen LogP contribution in [-0.2, 0) is 0 Å². The second-order valence-electron chi connectivity index (χ2n) is 17.8. The average Bonchev–Trinajstić information content (AvgIpc) is 3.22. The highest BCUT2D eigenvalue weighted by molar-refractivity contribution is 7.99. The van der Waals surface area contributed by atoms with Crippen molar-refractivity contribution in [2.24, 2.45) is 0 Å². The zero-order chi connectivity index (χ0) is 44.9. The summed E-state index contributed by atoms with van der Waals surface area (Å²) in [6, 6.07) is 57.9. The van der Waals surface area contributed by atoms with Gasteiger partial charge in [0, 0.05) is 15.5 Å². The molecule has 0 aliphatic heterocycles. The summed E-state index contributed by atoms with van der Waals surface area (Å²) in [5.74, 6) is 0. The average molecular weight is 840 g/mol. The summed E-state index contributed by atoms with van der Waals surface area (Å²) in [5, 5.41) is 0. The van der Waals surface area contributed by atoms with Crippen LogP contribution >= 0.6 is 11.8 Å². The minimum atomic E-state index is 0.170. The van der Waals surface area contributed by atoms with Crippen molar-refractivity contribution in [2.45, 2.75) is 92.9 Å². The van der Waals surface area contributed by atoms with Crippen LogP contribution in [0.25, 0.3) is 11.1 Å². The van der Waals surface area contributed by atoms with Crippen molar-refractivity contribution >= 4 is 51.9 Å². The zero-order valence-electron chi connectivity index (χ0n) is 39.4. The van der Waals surface area contributed by atoms with Gasteiger partial charge >= 0.3 is 0 Å². The molecule has 1 nitrogen and oxygen atoms in total. The fraction of sp³-hybridized carbons (Fsp3) is 0.200. The van der Waals surface area contributed by atoms with Crippen LogP contribution in [0.5, 0.6) is 0 Å². The van der Waals surface area contributed by atoms with Crippen molar-refractivity contribution in [2.75, 3.05) is 4.90 Å². The third kappa shape index (κ3) is 10.3. The van der Waals surface area contributed by atoms with E-state index in [-0.39, 0.29) is 6.71 Å². The molecule has 0 saturated carbocycles. The van der Waals surface area contributed by atoms with E-state index < -0.39 is 0 Å². The summed E-state index contributed by atoms with van der Waals surface area (Å²) < 4.78 is 0. The van der Waals surface area contributed by atoms with Gasteiger partial charge in [0.15, 0.2) is 0 Å². The Morgan fingerprint density at radius 3 is 0.968 bits per heavy atom. The molecule has 3 heteroatoms. The van der Waals surface area contributed by atoms with E-state index in [0.29, 0.717) is 0 Å². The zero-order valence-corrected chi connectivity index (χ0v) is 40.3. The van der Waals surface area contributed by atoms with Crippen molar-refractivity contribution in [1.29, 1.82) is 0 Å². The summed E-state index contributed by atoms with van der Waals surface area (Å²) in [5.41, 5.74) is 26.1. The molecule has 0 fully saturated rings. The van der Waals surface area contributed by atoms with E-state index in [0.717, 1.165) is 0 Å². The van der Waals surface area contributed by atoms with Gasteiger partial charge < -0.3 is 4.90 Å². The predicted octanol–water partition coefficient (Wildman–Crippen LogP) is 14.9. The lowest BCUT2D eigenvalue weighted by atomic mass is 9.34. The maximum Gasteiger partial charge on any atom is 0.242 e. The maximum absolute atomic E-state index is 2.48. The number of rotatable bonds is 9. The Balaban J connectivity index is 0.000000389. The lowest BCUT2D eigenvalue weighted by Gasteiger charge is -2.32. The fourth-order valence-corrected chi connectivity index (χ4v) is 10.8. The van der Waals surface area contributed by atoms with E-state index in [1.807, 2.05) is 12.1 Å². The lowest BCUT2D eigenvalue weighted by Crippen LogP contribution is -2.55. The number of nitrogens with zero attached hydrogens (tertiary/aromatic N) is 1. The van der Waals surface area contributed by atoms with Crippen LogP contribution in [0.4, 0.5) is 17.1 Å². The molecule has 0 aliphatic carbocycles. The van der Waals surface area contributed by atoms with Gasteiger partial charge in [-0.15, -0.1) is 0 Å². The third-order valence-electron chi connectivity index (χ3n) is 12.2. The summed E-state index contributed by atoms with van der Waals surface area (Å²) in [7, 11) is 0.